The fourth-order valence-corrected chi connectivity index (χ4v) is 2.95. The molecule has 132 valence electrons. The highest BCUT2D eigenvalue weighted by atomic mass is 16.2. The van der Waals surface area contributed by atoms with E-state index in [1.165, 1.54) is 17.5 Å². The number of urea groups is 1. The second-order valence-corrected chi connectivity index (χ2v) is 6.20. The molecule has 7 nitrogen and oxygen atoms in total. The average molecular weight is 340 g/mol. The molecule has 0 bridgehead atoms. The maximum Gasteiger partial charge on any atom is 0.326 e. The number of nitrogens with one attached hydrogen (secondary N) is 3. The van der Waals surface area contributed by atoms with E-state index in [9.17, 15) is 4.79 Å². The van der Waals surface area contributed by atoms with Gasteiger partial charge in [0.15, 0.2) is 0 Å². The number of carbonyl (C=O) groups is 1. The summed E-state index contributed by atoms with van der Waals surface area (Å²) in [6.07, 6.45) is 4.23. The minimum atomic E-state index is -0.351. The number of nitrogens with zero attached hydrogens (tertiary/aromatic N) is 2. The van der Waals surface area contributed by atoms with Gasteiger partial charge >= 0.3 is 6.03 Å². The zero-order valence-electron chi connectivity index (χ0n) is 14.4. The summed E-state index contributed by atoms with van der Waals surface area (Å²) in [6.45, 7) is 3.21. The monoisotopic (exact) mass is 340 g/mol. The molecule has 7 heteroatoms. The lowest BCUT2D eigenvalue weighted by Gasteiger charge is -2.10. The van der Waals surface area contributed by atoms with Gasteiger partial charge in [-0.15, -0.1) is 0 Å². The van der Waals surface area contributed by atoms with Gasteiger partial charge in [-0.1, -0.05) is 6.07 Å². The number of nitrogens with two attached hydrogens (primary N) is 1. The molecule has 1 aromatic carbocycles. The van der Waals surface area contributed by atoms with Crippen molar-refractivity contribution in [2.24, 2.45) is 5.73 Å². The van der Waals surface area contributed by atoms with E-state index in [0.717, 1.165) is 37.2 Å². The molecular formula is C18H24N6O. The van der Waals surface area contributed by atoms with Crippen molar-refractivity contribution in [3.63, 3.8) is 0 Å². The molecule has 1 aliphatic rings. The topological polar surface area (TPSA) is 105 Å². The Kier molecular flexibility index (Phi) is 5.45. The minimum Gasteiger partial charge on any atom is -0.370 e. The average Bonchev–Trinajstić information content (AvgIpc) is 3.02. The van der Waals surface area contributed by atoms with E-state index in [2.05, 4.69) is 32.0 Å². The fourth-order valence-electron chi connectivity index (χ4n) is 2.95. The number of aryl methyl sites for hydroxylation is 3. The van der Waals surface area contributed by atoms with Crippen molar-refractivity contribution in [1.82, 2.24) is 9.97 Å². The molecule has 1 heterocycles. The van der Waals surface area contributed by atoms with Crippen LogP contribution in [0.5, 0.6) is 0 Å². The Hall–Kier alpha value is -2.67. The van der Waals surface area contributed by atoms with Crippen molar-refractivity contribution in [3.8, 4) is 0 Å². The number of anilines is 3. The third-order valence-corrected chi connectivity index (χ3v) is 4.12. The Morgan fingerprint density at radius 2 is 2.00 bits per heavy atom. The molecular weight excluding hydrogens is 316 g/mol. The molecule has 3 rings (SSSR count). The van der Waals surface area contributed by atoms with Gasteiger partial charge in [-0.25, -0.2) is 9.78 Å². The van der Waals surface area contributed by atoms with Crippen LogP contribution >= 0.6 is 0 Å². The van der Waals surface area contributed by atoms with Crippen LogP contribution in [-0.4, -0.2) is 29.1 Å². The van der Waals surface area contributed by atoms with Gasteiger partial charge in [0.05, 0.1) is 0 Å². The van der Waals surface area contributed by atoms with Crippen LogP contribution in [0.4, 0.5) is 22.2 Å². The number of hydrogen-bond acceptors (Lipinski definition) is 5. The molecule has 1 aliphatic carbocycles. The molecule has 2 aromatic rings. The van der Waals surface area contributed by atoms with Crippen molar-refractivity contribution in [1.29, 1.82) is 0 Å². The van der Waals surface area contributed by atoms with Crippen molar-refractivity contribution in [2.75, 3.05) is 29.0 Å². The molecule has 0 saturated carbocycles. The predicted octanol–water partition coefficient (Wildman–Crippen LogP) is 2.68. The summed E-state index contributed by atoms with van der Waals surface area (Å²) < 4.78 is 0. The summed E-state index contributed by atoms with van der Waals surface area (Å²) in [5.74, 6) is 0.947. The van der Waals surface area contributed by atoms with Crippen LogP contribution in [0.1, 0.15) is 29.7 Å². The smallest absolute Gasteiger partial charge is 0.326 e. The van der Waals surface area contributed by atoms with Gasteiger partial charge in [0.2, 0.25) is 5.95 Å². The molecule has 0 radical (unpaired) electrons. The van der Waals surface area contributed by atoms with Gasteiger partial charge in [0.25, 0.3) is 0 Å². The van der Waals surface area contributed by atoms with E-state index < -0.39 is 0 Å². The minimum absolute atomic E-state index is 0.272. The summed E-state index contributed by atoms with van der Waals surface area (Å²) in [5, 5.41) is 8.71. The zero-order valence-corrected chi connectivity index (χ0v) is 14.4. The number of carbonyl (C=O) groups excluding carboxylic acids is 1. The van der Waals surface area contributed by atoms with Crippen LogP contribution in [0.2, 0.25) is 0 Å². The maximum absolute atomic E-state index is 12.2. The van der Waals surface area contributed by atoms with E-state index in [-0.39, 0.29) is 12.0 Å². The van der Waals surface area contributed by atoms with Gasteiger partial charge < -0.3 is 16.4 Å². The highest BCUT2D eigenvalue weighted by Crippen LogP contribution is 2.24. The van der Waals surface area contributed by atoms with Crippen molar-refractivity contribution >= 4 is 23.5 Å². The van der Waals surface area contributed by atoms with Crippen molar-refractivity contribution < 1.29 is 4.79 Å². The summed E-state index contributed by atoms with van der Waals surface area (Å²) in [4.78, 5) is 20.8. The van der Waals surface area contributed by atoms with Crippen LogP contribution in [0, 0.1) is 6.92 Å². The lowest BCUT2D eigenvalue weighted by Crippen LogP contribution is -2.21. The Labute approximate surface area is 147 Å². The lowest BCUT2D eigenvalue weighted by atomic mass is 10.1. The summed E-state index contributed by atoms with van der Waals surface area (Å²) in [5.41, 5.74) is 9.74. The first-order chi connectivity index (χ1) is 12.1. The molecule has 0 saturated heterocycles. The number of benzene rings is 1. The standard InChI is InChI=1S/C18H24N6O/c1-12-10-16(20-9-3-8-19)23-17(21-12)24-18(25)22-15-7-6-13-4-2-5-14(13)11-15/h6-7,10-11H,2-5,8-9,19H2,1H3,(H3,20,21,22,23,24,25). The molecule has 25 heavy (non-hydrogen) atoms. The summed E-state index contributed by atoms with van der Waals surface area (Å²) >= 11 is 0. The molecule has 1 aromatic heterocycles. The SMILES string of the molecule is Cc1cc(NCCCN)nc(NC(=O)Nc2ccc3c(c2)CCC3)n1. The van der Waals surface area contributed by atoms with Crippen molar-refractivity contribution in [3.05, 3.63) is 41.1 Å². The van der Waals surface area contributed by atoms with Crippen molar-refractivity contribution in [2.45, 2.75) is 32.6 Å². The first kappa shape index (κ1) is 17.2. The largest absolute Gasteiger partial charge is 0.370 e. The molecule has 0 spiro atoms. The quantitative estimate of drug-likeness (QED) is 0.605. The van der Waals surface area contributed by atoms with E-state index in [0.29, 0.717) is 12.4 Å². The predicted molar refractivity (Wildman–Crippen MR) is 100 cm³/mol. The van der Waals surface area contributed by atoms with Crippen LogP contribution in [-0.2, 0) is 12.8 Å². The Morgan fingerprint density at radius 3 is 2.84 bits per heavy atom. The molecule has 5 N–H and O–H groups in total. The van der Waals surface area contributed by atoms with E-state index >= 15 is 0 Å². The van der Waals surface area contributed by atoms with Gasteiger partial charge in [-0.2, -0.15) is 4.98 Å². The van der Waals surface area contributed by atoms with Gasteiger partial charge in [-0.3, -0.25) is 5.32 Å². The van der Waals surface area contributed by atoms with Gasteiger partial charge in [-0.05, 0) is 62.4 Å². The van der Waals surface area contributed by atoms with Crippen LogP contribution in [0.3, 0.4) is 0 Å². The molecule has 2 amide bonds. The third-order valence-electron chi connectivity index (χ3n) is 4.12. The van der Waals surface area contributed by atoms with E-state index in [1.54, 1.807) is 0 Å². The first-order valence-electron chi connectivity index (χ1n) is 8.63. The van der Waals surface area contributed by atoms with Gasteiger partial charge in [0.1, 0.15) is 5.82 Å². The lowest BCUT2D eigenvalue weighted by molar-refractivity contribution is 0.262. The second-order valence-electron chi connectivity index (χ2n) is 6.20. The number of hydrogen-bond donors (Lipinski definition) is 4. The Bertz CT molecular complexity index is 761. The van der Waals surface area contributed by atoms with Crippen LogP contribution in [0.15, 0.2) is 24.3 Å². The van der Waals surface area contributed by atoms with E-state index in [1.807, 2.05) is 25.1 Å². The molecule has 0 unspecified atom stereocenters. The number of amides is 2. The molecule has 0 fully saturated rings. The Balaban J connectivity index is 1.62. The maximum atomic E-state index is 12.2. The highest BCUT2D eigenvalue weighted by molar-refractivity contribution is 5.98. The third kappa shape index (κ3) is 4.67. The van der Waals surface area contributed by atoms with Crippen LogP contribution in [0.25, 0.3) is 0 Å². The molecule has 0 atom stereocenters. The van der Waals surface area contributed by atoms with Crippen LogP contribution < -0.4 is 21.7 Å². The highest BCUT2D eigenvalue weighted by Gasteiger charge is 2.12. The Morgan fingerprint density at radius 1 is 1.16 bits per heavy atom. The number of fused-ring (bicyclic) bond motifs is 1. The normalized spacial score (nSPS) is 12.6. The molecule has 0 aliphatic heterocycles. The second kappa shape index (κ2) is 7.94. The van der Waals surface area contributed by atoms with E-state index in [4.69, 9.17) is 5.73 Å². The summed E-state index contributed by atoms with van der Waals surface area (Å²) in [6, 6.07) is 7.54. The van der Waals surface area contributed by atoms with Gasteiger partial charge in [0, 0.05) is 24.0 Å². The summed E-state index contributed by atoms with van der Waals surface area (Å²) in [7, 11) is 0. The number of aromatic nitrogens is 2. The zero-order chi connectivity index (χ0) is 17.6. The number of rotatable bonds is 6. The first-order valence-corrected chi connectivity index (χ1v) is 8.63. The fraction of sp³-hybridized carbons (Fsp3) is 0.389.